The molecule has 0 radical (unpaired) electrons. The molecule has 2 N–H and O–H groups in total. The van der Waals surface area contributed by atoms with Gasteiger partial charge in [0, 0.05) is 63.5 Å². The molecule has 68 heavy (non-hydrogen) atoms. The van der Waals surface area contributed by atoms with Crippen molar-refractivity contribution in [2.45, 2.75) is 120 Å². The minimum Gasteiger partial charge on any atom is -0.495 e. The molecule has 4 heterocycles. The number of benzene rings is 2. The average molecular weight is 1010 g/mol. The largest absolute Gasteiger partial charge is 0.495 e. The molecule has 21 heteroatoms. The molecular formula is C47H56ClF4N3O11S2. The van der Waals surface area contributed by atoms with Crippen LogP contribution in [0, 0.1) is 29.2 Å². The van der Waals surface area contributed by atoms with Crippen LogP contribution in [0.3, 0.4) is 0 Å². The lowest BCUT2D eigenvalue weighted by atomic mass is 9.83. The van der Waals surface area contributed by atoms with E-state index in [-0.39, 0.29) is 66.7 Å². The van der Waals surface area contributed by atoms with Crippen LogP contribution < -0.4 is 19.7 Å². The number of carbonyl (C=O) groups excluding carboxylic acids is 4. The van der Waals surface area contributed by atoms with Crippen LogP contribution >= 0.6 is 33.2 Å². The zero-order valence-corrected chi connectivity index (χ0v) is 41.3. The molecule has 14 nitrogen and oxygen atoms in total. The molecule has 2 fully saturated rings. The summed E-state index contributed by atoms with van der Waals surface area (Å²) in [6, 6.07) is 3.04. The number of esters is 1. The second kappa shape index (κ2) is 22.1. The number of ether oxygens (including phenoxy) is 6. The van der Waals surface area contributed by atoms with E-state index in [1.165, 1.54) is 45.6 Å². The van der Waals surface area contributed by atoms with E-state index in [1.807, 2.05) is 44.2 Å². The molecule has 2 saturated heterocycles. The van der Waals surface area contributed by atoms with Crippen molar-refractivity contribution >= 4 is 62.8 Å². The van der Waals surface area contributed by atoms with Gasteiger partial charge in [0.05, 0.1) is 25.3 Å². The molecule has 3 amide bonds. The molecule has 0 aliphatic carbocycles. The molecule has 1 spiro atoms. The number of rotatable bonds is 13. The van der Waals surface area contributed by atoms with Gasteiger partial charge < -0.3 is 43.3 Å². The maximum Gasteiger partial charge on any atom is 0.409 e. The van der Waals surface area contributed by atoms with Gasteiger partial charge in [-0.25, -0.2) is 13.6 Å². The summed E-state index contributed by atoms with van der Waals surface area (Å²) in [4.78, 5) is 56.1. The van der Waals surface area contributed by atoms with Crippen molar-refractivity contribution in [3.8, 4) is 11.5 Å². The molecule has 2 aromatic rings. The van der Waals surface area contributed by atoms with E-state index in [4.69, 9.17) is 35.3 Å². The Morgan fingerprint density at radius 2 is 1.79 bits per heavy atom. The van der Waals surface area contributed by atoms with Crippen LogP contribution in [0.1, 0.15) is 71.8 Å². The number of allylic oxidation sites excluding steroid dienone is 3. The van der Waals surface area contributed by atoms with Gasteiger partial charge in [0.1, 0.15) is 40.9 Å². The Labute approximate surface area is 405 Å². The van der Waals surface area contributed by atoms with Crippen LogP contribution in [0.15, 0.2) is 53.8 Å². The summed E-state index contributed by atoms with van der Waals surface area (Å²) in [5.74, 6) is -9.48. The smallest absolute Gasteiger partial charge is 0.409 e. The van der Waals surface area contributed by atoms with Crippen molar-refractivity contribution in [2.75, 3.05) is 39.0 Å². The third kappa shape index (κ3) is 11.7. The van der Waals surface area contributed by atoms with Crippen LogP contribution in [-0.4, -0.2) is 115 Å². The van der Waals surface area contributed by atoms with Crippen LogP contribution in [-0.2, 0) is 39.8 Å². The quantitative estimate of drug-likeness (QED) is 0.0375. The zero-order chi connectivity index (χ0) is 49.8. The Hall–Kier alpha value is -4.47. The van der Waals surface area contributed by atoms with Crippen LogP contribution in [0.2, 0.25) is 5.02 Å². The summed E-state index contributed by atoms with van der Waals surface area (Å²) in [6.07, 6.45) is 3.90. The molecule has 9 atom stereocenters. The Balaban J connectivity index is 1.15. The SMILES string of the molecule is COc1cc2cc(c1Cl)N(C)C(=O)C[C@@H]1OC([C@H](C)N(C)C(=O)CCSSC(C)CCC(=O)Oc3c(F)c(F)cc(F)c3F)=C[C@]13O[C@H]3[C@H](C)[C@@H]1C[C@@](O)(NC(=O)O1)[C@H](OC)C/C=C/C=C(\C)C2. The summed E-state index contributed by atoms with van der Waals surface area (Å²) >= 11 is 6.82. The van der Waals surface area contributed by atoms with E-state index in [2.05, 4.69) is 10.1 Å². The highest BCUT2D eigenvalue weighted by Crippen LogP contribution is 2.54. The zero-order valence-electron chi connectivity index (χ0n) is 38.9. The van der Waals surface area contributed by atoms with Crippen molar-refractivity contribution in [1.29, 1.82) is 0 Å². The Bertz CT molecular complexity index is 2340. The van der Waals surface area contributed by atoms with Gasteiger partial charge in [0.25, 0.3) is 0 Å². The summed E-state index contributed by atoms with van der Waals surface area (Å²) in [7, 11) is 8.92. The molecular weight excluding hydrogens is 958 g/mol. The van der Waals surface area contributed by atoms with E-state index < -0.39 is 88.8 Å². The van der Waals surface area contributed by atoms with Crippen molar-refractivity contribution < 1.29 is 70.3 Å². The minimum absolute atomic E-state index is 0.0184. The second-order valence-corrected chi connectivity index (χ2v) is 20.7. The van der Waals surface area contributed by atoms with Crippen molar-refractivity contribution in [3.05, 3.63) is 87.7 Å². The fourth-order valence-electron chi connectivity index (χ4n) is 8.46. The minimum atomic E-state index is -1.81. The van der Waals surface area contributed by atoms with E-state index >= 15 is 0 Å². The summed E-state index contributed by atoms with van der Waals surface area (Å²) in [5, 5.41) is 14.5. The molecule has 6 rings (SSSR count). The van der Waals surface area contributed by atoms with Gasteiger partial charge in [0.15, 0.2) is 23.0 Å². The molecule has 1 unspecified atom stereocenters. The number of methoxy groups -OCH3 is 2. The first kappa shape index (κ1) is 52.9. The number of anilines is 1. The van der Waals surface area contributed by atoms with E-state index in [0.717, 1.165) is 11.1 Å². The molecule has 0 aromatic heterocycles. The second-order valence-electron chi connectivity index (χ2n) is 17.4. The van der Waals surface area contributed by atoms with Crippen molar-refractivity contribution in [1.82, 2.24) is 10.2 Å². The number of nitrogens with one attached hydrogen (secondary N) is 1. The van der Waals surface area contributed by atoms with Gasteiger partial charge in [-0.15, -0.1) is 0 Å². The summed E-state index contributed by atoms with van der Waals surface area (Å²) in [6.45, 7) is 7.36. The van der Waals surface area contributed by atoms with Crippen LogP contribution in [0.5, 0.6) is 11.5 Å². The first-order chi connectivity index (χ1) is 32.1. The molecule has 4 aliphatic heterocycles. The molecule has 0 saturated carbocycles. The van der Waals surface area contributed by atoms with E-state index in [1.54, 1.807) is 34.0 Å². The van der Waals surface area contributed by atoms with E-state index in [9.17, 15) is 41.8 Å². The van der Waals surface area contributed by atoms with Gasteiger partial charge in [-0.05, 0) is 56.9 Å². The Morgan fingerprint density at radius 3 is 2.47 bits per heavy atom. The lowest BCUT2D eigenvalue weighted by Crippen LogP contribution is -2.64. The molecule has 4 aliphatic rings. The number of carbonyl (C=O) groups is 4. The van der Waals surface area contributed by atoms with Crippen LogP contribution in [0.4, 0.5) is 28.0 Å². The fourth-order valence-corrected chi connectivity index (χ4v) is 11.1. The van der Waals surface area contributed by atoms with Gasteiger partial charge in [0.2, 0.25) is 29.2 Å². The lowest BCUT2D eigenvalue weighted by Gasteiger charge is -2.42. The number of epoxide rings is 1. The molecule has 372 valence electrons. The third-order valence-electron chi connectivity index (χ3n) is 12.6. The highest BCUT2D eigenvalue weighted by molar-refractivity contribution is 8.76. The van der Waals surface area contributed by atoms with Gasteiger partial charge in [-0.2, -0.15) is 8.78 Å². The summed E-state index contributed by atoms with van der Waals surface area (Å²) in [5.41, 5.74) is -0.747. The normalized spacial score (nSPS) is 28.2. The Kier molecular flexibility index (Phi) is 17.2. The fraction of sp³-hybridized carbons (Fsp3) is 0.532. The number of amides is 3. The number of nitrogens with zero attached hydrogens (tertiary/aromatic N) is 2. The Morgan fingerprint density at radius 1 is 1.09 bits per heavy atom. The maximum absolute atomic E-state index is 14.3. The standard InChI is InChI=1S/C47H56ClF4N3O11S2/c1-24-11-9-10-12-35(62-8)47(60)23-33(64-45(59)53-47)26(3)44-46(66-44)22-34(63-36(46)21-38(57)55(6)31-18-28(17-24)19-32(61-7)40(31)48)27(4)54(5)37(56)15-16-67-68-25(2)13-14-39(58)65-43-41(51)29(49)20-30(50)42(43)52/h9-11,18-20,22,25-27,33,35-36,44,60H,12-17,21,23H2,1-8H3,(H,53,59)/b10-9+,24-11+/t25?,26-,27+,33+,35-,36+,44+,46+,47+/m1/s1. The topological polar surface area (TPSA) is 166 Å². The number of hydrogen-bond donors (Lipinski definition) is 2. The number of hydrogen-bond acceptors (Lipinski definition) is 13. The predicted octanol–water partition coefficient (Wildman–Crippen LogP) is 8.36. The maximum atomic E-state index is 14.3. The van der Waals surface area contributed by atoms with Gasteiger partial charge >= 0.3 is 12.1 Å². The molecule has 4 bridgehead atoms. The number of likely N-dealkylation sites (N-methyl/N-ethyl adjacent to an activating group) is 1. The van der Waals surface area contributed by atoms with Crippen molar-refractivity contribution in [2.24, 2.45) is 5.92 Å². The van der Waals surface area contributed by atoms with Gasteiger partial charge in [-0.3, -0.25) is 19.7 Å². The lowest BCUT2D eigenvalue weighted by molar-refractivity contribution is -0.156. The first-order valence-corrected chi connectivity index (χ1v) is 24.7. The predicted molar refractivity (Wildman–Crippen MR) is 248 cm³/mol. The summed E-state index contributed by atoms with van der Waals surface area (Å²) < 4.78 is 89.7. The van der Waals surface area contributed by atoms with Gasteiger partial charge in [-0.1, -0.05) is 70.8 Å². The van der Waals surface area contributed by atoms with E-state index in [0.29, 0.717) is 29.4 Å². The number of fused-ring (bicyclic) bond motifs is 4. The molecule has 2 aromatic carbocycles. The highest BCUT2D eigenvalue weighted by atomic mass is 35.5. The number of aliphatic hydroxyl groups is 1. The highest BCUT2D eigenvalue weighted by Gasteiger charge is 2.68. The van der Waals surface area contributed by atoms with Crippen LogP contribution in [0.25, 0.3) is 0 Å². The number of alkyl carbamates (subject to hydrolysis) is 1. The third-order valence-corrected chi connectivity index (χ3v) is 16.0. The first-order valence-electron chi connectivity index (χ1n) is 22.0. The average Bonchev–Trinajstić information content (AvgIpc) is 3.91. The van der Waals surface area contributed by atoms with Crippen molar-refractivity contribution in [3.63, 3.8) is 0 Å². The monoisotopic (exact) mass is 1010 g/mol. The number of halogens is 5.